The highest BCUT2D eigenvalue weighted by molar-refractivity contribution is 5.48. The van der Waals surface area contributed by atoms with Gasteiger partial charge in [0.2, 0.25) is 0 Å². The highest BCUT2D eigenvalue weighted by Gasteiger charge is 2.21. The van der Waals surface area contributed by atoms with Gasteiger partial charge in [0, 0.05) is 6.04 Å². The Morgan fingerprint density at radius 3 is 2.68 bits per heavy atom. The van der Waals surface area contributed by atoms with Crippen molar-refractivity contribution in [2.75, 3.05) is 13.7 Å². The second-order valence-corrected chi connectivity index (χ2v) is 5.83. The number of methoxy groups -OCH3 is 1. The maximum Gasteiger partial charge on any atom is 0.125 e. The standard InChI is InChI=1S/C17H27NO/c1-5-13-8-9-15(12(2)3)16(17(13)19-4)11-14-7-6-10-18-14/h8-9,12,14,18H,5-7,10-11H2,1-4H3. The molecule has 1 heterocycles. The largest absolute Gasteiger partial charge is 0.496 e. The van der Waals surface area contributed by atoms with Crippen molar-refractivity contribution in [3.05, 3.63) is 28.8 Å². The Hall–Kier alpha value is -1.02. The topological polar surface area (TPSA) is 21.3 Å². The molecule has 1 unspecified atom stereocenters. The molecule has 0 saturated carbocycles. The number of benzene rings is 1. The zero-order chi connectivity index (χ0) is 13.8. The van der Waals surface area contributed by atoms with Crippen LogP contribution in [-0.2, 0) is 12.8 Å². The van der Waals surface area contributed by atoms with Crippen LogP contribution in [0.4, 0.5) is 0 Å². The molecule has 1 aliphatic rings. The summed E-state index contributed by atoms with van der Waals surface area (Å²) < 4.78 is 5.74. The molecule has 2 nitrogen and oxygen atoms in total. The van der Waals surface area contributed by atoms with E-state index in [0.717, 1.165) is 25.1 Å². The molecule has 106 valence electrons. The number of rotatable bonds is 5. The minimum Gasteiger partial charge on any atom is -0.496 e. The molecule has 0 amide bonds. The summed E-state index contributed by atoms with van der Waals surface area (Å²) in [7, 11) is 1.81. The molecular weight excluding hydrogens is 234 g/mol. The SMILES string of the molecule is CCc1ccc(C(C)C)c(CC2CCCN2)c1OC. The lowest BCUT2D eigenvalue weighted by Crippen LogP contribution is -2.24. The number of hydrogen-bond acceptors (Lipinski definition) is 2. The van der Waals surface area contributed by atoms with Gasteiger partial charge >= 0.3 is 0 Å². The average Bonchev–Trinajstić information content (AvgIpc) is 2.90. The lowest BCUT2D eigenvalue weighted by molar-refractivity contribution is 0.400. The first kappa shape index (κ1) is 14.4. The fourth-order valence-corrected chi connectivity index (χ4v) is 3.15. The lowest BCUT2D eigenvalue weighted by atomic mass is 9.89. The molecule has 0 aliphatic carbocycles. The van der Waals surface area contributed by atoms with E-state index in [4.69, 9.17) is 4.74 Å². The van der Waals surface area contributed by atoms with E-state index in [1.54, 1.807) is 0 Å². The van der Waals surface area contributed by atoms with Gasteiger partial charge in [-0.2, -0.15) is 0 Å². The Bertz CT molecular complexity index is 420. The predicted octanol–water partition coefficient (Wildman–Crippen LogP) is 3.68. The summed E-state index contributed by atoms with van der Waals surface area (Å²) in [5.41, 5.74) is 4.21. The summed E-state index contributed by atoms with van der Waals surface area (Å²) in [6.07, 6.45) is 4.73. The van der Waals surface area contributed by atoms with Crippen LogP contribution in [0, 0.1) is 0 Å². The second-order valence-electron chi connectivity index (χ2n) is 5.83. The van der Waals surface area contributed by atoms with Crippen LogP contribution in [0.5, 0.6) is 5.75 Å². The minimum absolute atomic E-state index is 0.552. The maximum absolute atomic E-state index is 5.74. The van der Waals surface area contributed by atoms with Gasteiger partial charge in [0.15, 0.2) is 0 Å². The fraction of sp³-hybridized carbons (Fsp3) is 0.647. The van der Waals surface area contributed by atoms with Crippen LogP contribution in [0.1, 0.15) is 56.2 Å². The summed E-state index contributed by atoms with van der Waals surface area (Å²) in [6, 6.07) is 5.16. The van der Waals surface area contributed by atoms with E-state index in [-0.39, 0.29) is 0 Å². The van der Waals surface area contributed by atoms with Crippen LogP contribution in [0.3, 0.4) is 0 Å². The van der Waals surface area contributed by atoms with Crippen molar-refractivity contribution >= 4 is 0 Å². The van der Waals surface area contributed by atoms with E-state index >= 15 is 0 Å². The third kappa shape index (κ3) is 3.11. The normalized spacial score (nSPS) is 19.1. The van der Waals surface area contributed by atoms with E-state index in [9.17, 15) is 0 Å². The number of aryl methyl sites for hydroxylation is 1. The summed E-state index contributed by atoms with van der Waals surface area (Å²) in [6.45, 7) is 7.90. The zero-order valence-electron chi connectivity index (χ0n) is 12.8. The number of nitrogens with one attached hydrogen (secondary N) is 1. The van der Waals surface area contributed by atoms with Gasteiger partial charge in [0.05, 0.1) is 7.11 Å². The van der Waals surface area contributed by atoms with Gasteiger partial charge in [-0.1, -0.05) is 32.9 Å². The summed E-state index contributed by atoms with van der Waals surface area (Å²) >= 11 is 0. The molecule has 0 spiro atoms. The Kier molecular flexibility index (Phi) is 4.87. The highest BCUT2D eigenvalue weighted by atomic mass is 16.5. The molecule has 2 heteroatoms. The third-order valence-electron chi connectivity index (χ3n) is 4.20. The maximum atomic E-state index is 5.74. The van der Waals surface area contributed by atoms with Crippen molar-refractivity contribution in [3.8, 4) is 5.75 Å². The number of ether oxygens (including phenoxy) is 1. The summed E-state index contributed by atoms with van der Waals surface area (Å²) in [5, 5.41) is 3.60. The van der Waals surface area contributed by atoms with Gasteiger partial charge in [-0.3, -0.25) is 0 Å². The van der Waals surface area contributed by atoms with Gasteiger partial charge < -0.3 is 10.1 Å². The van der Waals surface area contributed by atoms with Crippen molar-refractivity contribution in [2.45, 2.75) is 58.4 Å². The van der Waals surface area contributed by atoms with Crippen LogP contribution in [0.2, 0.25) is 0 Å². The van der Waals surface area contributed by atoms with E-state index in [1.807, 2.05) is 7.11 Å². The summed E-state index contributed by atoms with van der Waals surface area (Å²) in [5.74, 6) is 1.68. The minimum atomic E-state index is 0.552. The van der Waals surface area contributed by atoms with Crippen LogP contribution >= 0.6 is 0 Å². The molecule has 1 atom stereocenters. The van der Waals surface area contributed by atoms with Gasteiger partial charge in [-0.25, -0.2) is 0 Å². The molecule has 1 saturated heterocycles. The molecule has 1 aromatic carbocycles. The molecule has 2 rings (SSSR count). The molecule has 19 heavy (non-hydrogen) atoms. The van der Waals surface area contributed by atoms with Crippen molar-refractivity contribution in [1.29, 1.82) is 0 Å². The Morgan fingerprint density at radius 2 is 2.16 bits per heavy atom. The van der Waals surface area contributed by atoms with Crippen LogP contribution in [-0.4, -0.2) is 19.7 Å². The molecule has 0 aromatic heterocycles. The van der Waals surface area contributed by atoms with Crippen LogP contribution in [0.25, 0.3) is 0 Å². The zero-order valence-corrected chi connectivity index (χ0v) is 12.8. The smallest absolute Gasteiger partial charge is 0.125 e. The highest BCUT2D eigenvalue weighted by Crippen LogP contribution is 2.33. The van der Waals surface area contributed by atoms with Crippen molar-refractivity contribution in [2.24, 2.45) is 0 Å². The van der Waals surface area contributed by atoms with E-state index < -0.39 is 0 Å². The van der Waals surface area contributed by atoms with E-state index in [2.05, 4.69) is 38.2 Å². The monoisotopic (exact) mass is 261 g/mol. The number of hydrogen-bond donors (Lipinski definition) is 1. The first-order valence-electron chi connectivity index (χ1n) is 7.59. The first-order chi connectivity index (χ1) is 9.17. The molecular formula is C17H27NO. The Labute approximate surface area is 117 Å². The molecule has 1 aliphatic heterocycles. The van der Waals surface area contributed by atoms with Crippen molar-refractivity contribution in [1.82, 2.24) is 5.32 Å². The summed E-state index contributed by atoms with van der Waals surface area (Å²) in [4.78, 5) is 0. The first-order valence-corrected chi connectivity index (χ1v) is 7.59. The quantitative estimate of drug-likeness (QED) is 0.873. The Morgan fingerprint density at radius 1 is 1.37 bits per heavy atom. The van der Waals surface area contributed by atoms with E-state index in [1.165, 1.54) is 29.5 Å². The Balaban J connectivity index is 2.39. The van der Waals surface area contributed by atoms with Crippen molar-refractivity contribution < 1.29 is 4.74 Å². The molecule has 1 N–H and O–H groups in total. The molecule has 0 bridgehead atoms. The fourth-order valence-electron chi connectivity index (χ4n) is 3.15. The molecule has 1 aromatic rings. The lowest BCUT2D eigenvalue weighted by Gasteiger charge is -2.21. The van der Waals surface area contributed by atoms with Crippen LogP contribution < -0.4 is 10.1 Å². The molecule has 1 fully saturated rings. The van der Waals surface area contributed by atoms with Crippen LogP contribution in [0.15, 0.2) is 12.1 Å². The second kappa shape index (κ2) is 6.42. The third-order valence-corrected chi connectivity index (χ3v) is 4.20. The molecule has 0 radical (unpaired) electrons. The van der Waals surface area contributed by atoms with Gasteiger partial charge in [-0.15, -0.1) is 0 Å². The van der Waals surface area contributed by atoms with Gasteiger partial charge in [0.1, 0.15) is 5.75 Å². The van der Waals surface area contributed by atoms with Gasteiger partial charge in [-0.05, 0) is 54.8 Å². The predicted molar refractivity (Wildman–Crippen MR) is 81.2 cm³/mol. The van der Waals surface area contributed by atoms with E-state index in [0.29, 0.717) is 12.0 Å². The van der Waals surface area contributed by atoms with Crippen molar-refractivity contribution in [3.63, 3.8) is 0 Å². The van der Waals surface area contributed by atoms with Gasteiger partial charge in [0.25, 0.3) is 0 Å². The average molecular weight is 261 g/mol.